The van der Waals surface area contributed by atoms with Crippen molar-refractivity contribution >= 4 is 23.6 Å². The lowest BCUT2D eigenvalue weighted by Gasteiger charge is -2.25. The molecule has 1 saturated heterocycles. The molecular formula is C14H16F2N2O2S. The van der Waals surface area contributed by atoms with Gasteiger partial charge >= 0.3 is 0 Å². The number of carbonyl (C=O) groups excluding carboxylic acids is 2. The van der Waals surface area contributed by atoms with Crippen LogP contribution in [0.1, 0.15) is 17.4 Å². The van der Waals surface area contributed by atoms with Crippen LogP contribution in [0, 0.1) is 11.6 Å². The number of thioether (sulfide) groups is 1. The fourth-order valence-corrected chi connectivity index (χ4v) is 3.33. The highest BCUT2D eigenvalue weighted by Crippen LogP contribution is 2.39. The average molecular weight is 314 g/mol. The second-order valence-electron chi connectivity index (χ2n) is 4.95. The van der Waals surface area contributed by atoms with Crippen LogP contribution in [0.2, 0.25) is 0 Å². The van der Waals surface area contributed by atoms with E-state index >= 15 is 0 Å². The van der Waals surface area contributed by atoms with Gasteiger partial charge in [0.15, 0.2) is 0 Å². The maximum absolute atomic E-state index is 13.9. The lowest BCUT2D eigenvalue weighted by atomic mass is 10.2. The standard InChI is InChI=1S/C14H16F2N2O2S/c1-17(2)12(19)5-6-18-13(20)8-21-14(18)10-4-3-9(15)7-11(10)16/h3-4,7,14H,5-6,8H2,1-2H3. The van der Waals surface area contributed by atoms with Gasteiger partial charge in [0.1, 0.15) is 17.0 Å². The summed E-state index contributed by atoms with van der Waals surface area (Å²) < 4.78 is 26.8. The van der Waals surface area contributed by atoms with Crippen LogP contribution in [0.4, 0.5) is 8.78 Å². The van der Waals surface area contributed by atoms with Gasteiger partial charge in [-0.05, 0) is 6.07 Å². The van der Waals surface area contributed by atoms with Crippen molar-refractivity contribution < 1.29 is 18.4 Å². The number of hydrogen-bond acceptors (Lipinski definition) is 3. The van der Waals surface area contributed by atoms with Crippen LogP contribution in [0.25, 0.3) is 0 Å². The Balaban J connectivity index is 2.14. The summed E-state index contributed by atoms with van der Waals surface area (Å²) in [6.45, 7) is 0.227. The van der Waals surface area contributed by atoms with Crippen molar-refractivity contribution in [2.24, 2.45) is 0 Å². The second kappa shape index (κ2) is 6.43. The van der Waals surface area contributed by atoms with Crippen molar-refractivity contribution in [3.05, 3.63) is 35.4 Å². The molecule has 1 unspecified atom stereocenters. The molecule has 1 heterocycles. The van der Waals surface area contributed by atoms with Crippen molar-refractivity contribution in [2.75, 3.05) is 26.4 Å². The Morgan fingerprint density at radius 3 is 2.76 bits per heavy atom. The Labute approximate surface area is 126 Å². The van der Waals surface area contributed by atoms with Gasteiger partial charge in [0, 0.05) is 38.7 Å². The predicted octanol–water partition coefficient (Wildman–Crippen LogP) is 2.02. The topological polar surface area (TPSA) is 40.6 Å². The van der Waals surface area contributed by atoms with Gasteiger partial charge in [-0.15, -0.1) is 11.8 Å². The first kappa shape index (κ1) is 15.8. The van der Waals surface area contributed by atoms with Crippen LogP contribution >= 0.6 is 11.8 Å². The lowest BCUT2D eigenvalue weighted by Crippen LogP contribution is -2.33. The zero-order valence-electron chi connectivity index (χ0n) is 11.8. The summed E-state index contributed by atoms with van der Waals surface area (Å²) in [6, 6.07) is 3.33. The minimum absolute atomic E-state index is 0.0990. The normalized spacial score (nSPS) is 18.2. The number of hydrogen-bond donors (Lipinski definition) is 0. The van der Waals surface area contributed by atoms with Gasteiger partial charge in [0.25, 0.3) is 0 Å². The highest BCUT2D eigenvalue weighted by molar-refractivity contribution is 8.00. The Hall–Kier alpha value is -1.63. The van der Waals surface area contributed by atoms with Gasteiger partial charge in [-0.2, -0.15) is 0 Å². The van der Waals surface area contributed by atoms with Crippen LogP contribution in [0.15, 0.2) is 18.2 Å². The van der Waals surface area contributed by atoms with Crippen LogP contribution in [0.5, 0.6) is 0 Å². The van der Waals surface area contributed by atoms with Crippen LogP contribution in [0.3, 0.4) is 0 Å². The van der Waals surface area contributed by atoms with Gasteiger partial charge in [-0.3, -0.25) is 9.59 Å². The minimum Gasteiger partial charge on any atom is -0.349 e. The number of amides is 2. The minimum atomic E-state index is -0.675. The van der Waals surface area contributed by atoms with E-state index in [1.54, 1.807) is 14.1 Å². The monoisotopic (exact) mass is 314 g/mol. The van der Waals surface area contributed by atoms with Gasteiger partial charge in [-0.25, -0.2) is 8.78 Å². The molecule has 0 N–H and O–H groups in total. The zero-order valence-corrected chi connectivity index (χ0v) is 12.6. The van der Waals surface area contributed by atoms with E-state index in [1.807, 2.05) is 0 Å². The second-order valence-corrected chi connectivity index (χ2v) is 6.02. The van der Waals surface area contributed by atoms with Crippen molar-refractivity contribution in [3.8, 4) is 0 Å². The highest BCUT2D eigenvalue weighted by atomic mass is 32.2. The zero-order chi connectivity index (χ0) is 15.6. The Bertz CT molecular complexity index is 566. The summed E-state index contributed by atoms with van der Waals surface area (Å²) in [5, 5.41) is -0.506. The summed E-state index contributed by atoms with van der Waals surface area (Å²) in [5.41, 5.74) is 0.268. The van der Waals surface area contributed by atoms with Crippen molar-refractivity contribution in [3.63, 3.8) is 0 Å². The summed E-state index contributed by atoms with van der Waals surface area (Å²) in [7, 11) is 3.28. The molecular weight excluding hydrogens is 298 g/mol. The van der Waals surface area contributed by atoms with E-state index in [4.69, 9.17) is 0 Å². The Kier molecular flexibility index (Phi) is 4.82. The summed E-state index contributed by atoms with van der Waals surface area (Å²) >= 11 is 1.28. The number of halogens is 2. The molecule has 0 aromatic heterocycles. The van der Waals surface area contributed by atoms with E-state index in [1.165, 1.54) is 33.7 Å². The smallest absolute Gasteiger partial charge is 0.233 e. The van der Waals surface area contributed by atoms with Gasteiger partial charge in [-0.1, -0.05) is 6.07 Å². The molecule has 4 nitrogen and oxygen atoms in total. The highest BCUT2D eigenvalue weighted by Gasteiger charge is 2.34. The quantitative estimate of drug-likeness (QED) is 0.854. The summed E-state index contributed by atoms with van der Waals surface area (Å²) in [4.78, 5) is 26.4. The van der Waals surface area contributed by atoms with E-state index < -0.39 is 17.0 Å². The third-order valence-electron chi connectivity index (χ3n) is 3.26. The molecule has 114 valence electrons. The first-order valence-electron chi connectivity index (χ1n) is 6.46. The van der Waals surface area contributed by atoms with Crippen LogP contribution in [-0.2, 0) is 9.59 Å². The molecule has 0 radical (unpaired) electrons. The molecule has 2 rings (SSSR count). The van der Waals surface area contributed by atoms with E-state index in [9.17, 15) is 18.4 Å². The molecule has 7 heteroatoms. The third-order valence-corrected chi connectivity index (χ3v) is 4.50. The molecule has 21 heavy (non-hydrogen) atoms. The molecule has 1 aliphatic rings. The Morgan fingerprint density at radius 2 is 2.14 bits per heavy atom. The molecule has 1 fully saturated rings. The number of rotatable bonds is 4. The van der Waals surface area contributed by atoms with Gasteiger partial charge < -0.3 is 9.80 Å². The number of carbonyl (C=O) groups is 2. The molecule has 1 aromatic carbocycles. The van der Waals surface area contributed by atoms with Crippen LogP contribution < -0.4 is 0 Å². The summed E-state index contributed by atoms with van der Waals surface area (Å²) in [5.74, 6) is -1.33. The number of nitrogens with zero attached hydrogens (tertiary/aromatic N) is 2. The summed E-state index contributed by atoms with van der Waals surface area (Å²) in [6.07, 6.45) is 0.179. The maximum atomic E-state index is 13.9. The van der Waals surface area contributed by atoms with E-state index in [2.05, 4.69) is 0 Å². The SMILES string of the molecule is CN(C)C(=O)CCN1C(=O)CSC1c1ccc(F)cc1F. The van der Waals surface area contributed by atoms with Crippen LogP contribution in [-0.4, -0.2) is 48.0 Å². The average Bonchev–Trinajstić information content (AvgIpc) is 2.77. The number of benzene rings is 1. The largest absolute Gasteiger partial charge is 0.349 e. The van der Waals surface area contributed by atoms with Crippen molar-refractivity contribution in [1.82, 2.24) is 9.80 Å². The molecule has 1 atom stereocenters. The molecule has 0 saturated carbocycles. The van der Waals surface area contributed by atoms with E-state index in [-0.39, 0.29) is 36.1 Å². The fourth-order valence-electron chi connectivity index (χ4n) is 2.09. The van der Waals surface area contributed by atoms with Crippen molar-refractivity contribution in [1.29, 1.82) is 0 Å². The third kappa shape index (κ3) is 3.53. The van der Waals surface area contributed by atoms with Gasteiger partial charge in [0.2, 0.25) is 11.8 Å². The lowest BCUT2D eigenvalue weighted by molar-refractivity contribution is -0.131. The molecule has 2 amide bonds. The molecule has 0 spiro atoms. The van der Waals surface area contributed by atoms with Gasteiger partial charge in [0.05, 0.1) is 5.75 Å². The Morgan fingerprint density at radius 1 is 1.43 bits per heavy atom. The van der Waals surface area contributed by atoms with E-state index in [0.29, 0.717) is 0 Å². The van der Waals surface area contributed by atoms with Crippen molar-refractivity contribution in [2.45, 2.75) is 11.8 Å². The first-order valence-corrected chi connectivity index (χ1v) is 7.51. The van der Waals surface area contributed by atoms with E-state index in [0.717, 1.165) is 6.07 Å². The fraction of sp³-hybridized carbons (Fsp3) is 0.429. The first-order chi connectivity index (χ1) is 9.90. The maximum Gasteiger partial charge on any atom is 0.233 e. The molecule has 0 aliphatic carbocycles. The molecule has 1 aromatic rings. The molecule has 0 bridgehead atoms. The predicted molar refractivity (Wildman–Crippen MR) is 76.6 cm³/mol. The molecule has 1 aliphatic heterocycles.